The average molecular weight is 304 g/mol. The minimum absolute atomic E-state index is 0.540. The van der Waals surface area contributed by atoms with E-state index in [0.717, 1.165) is 32.7 Å². The first-order valence-corrected chi connectivity index (χ1v) is 8.55. The molecule has 0 aromatic carbocycles. The molecule has 5 heteroatoms. The molecule has 2 aromatic heterocycles. The molecule has 21 heavy (non-hydrogen) atoms. The smallest absolute Gasteiger partial charge is 0.0537 e. The van der Waals surface area contributed by atoms with Crippen LogP contribution in [0.15, 0.2) is 23.0 Å². The van der Waals surface area contributed by atoms with Crippen molar-refractivity contribution in [3.8, 4) is 0 Å². The Morgan fingerprint density at radius 1 is 1.29 bits per heavy atom. The van der Waals surface area contributed by atoms with Gasteiger partial charge in [0, 0.05) is 57.1 Å². The molecule has 0 saturated carbocycles. The molecule has 0 bridgehead atoms. The van der Waals surface area contributed by atoms with Crippen molar-refractivity contribution in [2.75, 3.05) is 26.2 Å². The normalized spacial score (nSPS) is 19.0. The number of hydrogen-bond acceptors (Lipinski definition) is 4. The molecule has 4 nitrogen and oxygen atoms in total. The molecule has 0 amide bonds. The molecule has 1 aliphatic rings. The van der Waals surface area contributed by atoms with Crippen molar-refractivity contribution in [2.24, 2.45) is 7.05 Å². The molecular weight excluding hydrogens is 280 g/mol. The van der Waals surface area contributed by atoms with Crippen molar-refractivity contribution in [2.45, 2.75) is 26.4 Å². The largest absolute Gasteiger partial charge is 0.296 e. The number of hydrogen-bond donors (Lipinski definition) is 0. The van der Waals surface area contributed by atoms with E-state index in [1.165, 1.54) is 16.8 Å². The first-order chi connectivity index (χ1) is 10.1. The zero-order valence-corrected chi connectivity index (χ0v) is 13.9. The fraction of sp³-hybridized carbons (Fsp3) is 0.562. The Morgan fingerprint density at radius 3 is 2.62 bits per heavy atom. The summed E-state index contributed by atoms with van der Waals surface area (Å²) in [6.45, 7) is 10.1. The second kappa shape index (κ2) is 6.30. The van der Waals surface area contributed by atoms with Crippen molar-refractivity contribution in [3.05, 3.63) is 39.8 Å². The molecule has 3 rings (SSSR count). The van der Waals surface area contributed by atoms with Gasteiger partial charge in [0.1, 0.15) is 0 Å². The molecule has 1 atom stereocenters. The molecule has 2 aromatic rings. The van der Waals surface area contributed by atoms with Gasteiger partial charge in [-0.2, -0.15) is 16.4 Å². The van der Waals surface area contributed by atoms with Gasteiger partial charge in [0.15, 0.2) is 0 Å². The van der Waals surface area contributed by atoms with Crippen LogP contribution in [0.3, 0.4) is 0 Å². The van der Waals surface area contributed by atoms with Gasteiger partial charge in [-0.05, 0) is 36.2 Å². The van der Waals surface area contributed by atoms with E-state index in [-0.39, 0.29) is 0 Å². The lowest BCUT2D eigenvalue weighted by Gasteiger charge is -2.37. The van der Waals surface area contributed by atoms with Gasteiger partial charge in [-0.15, -0.1) is 0 Å². The van der Waals surface area contributed by atoms with Gasteiger partial charge in [-0.25, -0.2) is 0 Å². The Labute approximate surface area is 131 Å². The summed E-state index contributed by atoms with van der Waals surface area (Å²) in [6, 6.07) is 2.79. The standard InChI is InChI=1S/C16H24N4S/c1-13-16(10-17-18(13)3)11-19-5-7-20(8-6-19)14(2)15-4-9-21-12-15/h4,9-10,12,14H,5-8,11H2,1-3H3. The van der Waals surface area contributed by atoms with Gasteiger partial charge >= 0.3 is 0 Å². The first-order valence-electron chi connectivity index (χ1n) is 7.61. The van der Waals surface area contributed by atoms with Gasteiger partial charge in [-0.1, -0.05) is 0 Å². The fourth-order valence-electron chi connectivity index (χ4n) is 2.97. The Bertz CT molecular complexity index is 567. The molecule has 1 fully saturated rings. The van der Waals surface area contributed by atoms with Crippen LogP contribution in [0.1, 0.15) is 29.8 Å². The summed E-state index contributed by atoms with van der Waals surface area (Å²) in [7, 11) is 2.01. The number of nitrogens with zero attached hydrogens (tertiary/aromatic N) is 4. The average Bonchev–Trinajstić information content (AvgIpc) is 3.13. The van der Waals surface area contributed by atoms with Gasteiger partial charge in [-0.3, -0.25) is 14.5 Å². The third-order valence-corrected chi connectivity index (χ3v) is 5.41. The van der Waals surface area contributed by atoms with E-state index >= 15 is 0 Å². The molecule has 3 heterocycles. The number of thiophene rings is 1. The Hall–Kier alpha value is -1.17. The van der Waals surface area contributed by atoms with Gasteiger partial charge in [0.2, 0.25) is 0 Å². The highest BCUT2D eigenvalue weighted by Gasteiger charge is 2.22. The van der Waals surface area contributed by atoms with Gasteiger partial charge in [0.25, 0.3) is 0 Å². The topological polar surface area (TPSA) is 24.3 Å². The van der Waals surface area contributed by atoms with Crippen LogP contribution in [0, 0.1) is 6.92 Å². The number of aromatic nitrogens is 2. The Morgan fingerprint density at radius 2 is 2.05 bits per heavy atom. The van der Waals surface area contributed by atoms with E-state index in [2.05, 4.69) is 45.6 Å². The fourth-order valence-corrected chi connectivity index (χ4v) is 3.72. The Kier molecular flexibility index (Phi) is 4.42. The van der Waals surface area contributed by atoms with Crippen LogP contribution in [0.25, 0.3) is 0 Å². The number of aryl methyl sites for hydroxylation is 1. The van der Waals surface area contributed by atoms with Crippen molar-refractivity contribution in [1.29, 1.82) is 0 Å². The van der Waals surface area contributed by atoms with Crippen molar-refractivity contribution in [1.82, 2.24) is 19.6 Å². The highest BCUT2D eigenvalue weighted by atomic mass is 32.1. The predicted molar refractivity (Wildman–Crippen MR) is 87.5 cm³/mol. The third kappa shape index (κ3) is 3.20. The first kappa shape index (κ1) is 14.8. The Balaban J connectivity index is 1.54. The maximum atomic E-state index is 4.34. The minimum atomic E-state index is 0.540. The molecule has 114 valence electrons. The summed E-state index contributed by atoms with van der Waals surface area (Å²) < 4.78 is 1.96. The number of piperazine rings is 1. The highest BCUT2D eigenvalue weighted by Crippen LogP contribution is 2.24. The zero-order chi connectivity index (χ0) is 14.8. The van der Waals surface area contributed by atoms with Crippen LogP contribution in [0.5, 0.6) is 0 Å². The highest BCUT2D eigenvalue weighted by molar-refractivity contribution is 7.07. The quantitative estimate of drug-likeness (QED) is 0.868. The summed E-state index contributed by atoms with van der Waals surface area (Å²) >= 11 is 1.79. The molecule has 0 N–H and O–H groups in total. The molecular formula is C16H24N4S. The van der Waals surface area contributed by atoms with E-state index in [9.17, 15) is 0 Å². The predicted octanol–water partition coefficient (Wildman–Crippen LogP) is 2.67. The third-order valence-electron chi connectivity index (χ3n) is 4.71. The number of rotatable bonds is 4. The minimum Gasteiger partial charge on any atom is -0.296 e. The maximum Gasteiger partial charge on any atom is 0.0537 e. The monoisotopic (exact) mass is 304 g/mol. The summed E-state index contributed by atoms with van der Waals surface area (Å²) in [5.74, 6) is 0. The zero-order valence-electron chi connectivity index (χ0n) is 13.1. The SMILES string of the molecule is Cc1c(CN2CCN(C(C)c3ccsc3)CC2)cnn1C. The van der Waals surface area contributed by atoms with E-state index in [0.29, 0.717) is 6.04 Å². The van der Waals surface area contributed by atoms with Gasteiger partial charge in [0.05, 0.1) is 6.20 Å². The lowest BCUT2D eigenvalue weighted by Crippen LogP contribution is -2.46. The van der Waals surface area contributed by atoms with Crippen LogP contribution in [0.2, 0.25) is 0 Å². The summed E-state index contributed by atoms with van der Waals surface area (Å²) in [6.07, 6.45) is 2.01. The molecule has 1 aliphatic heterocycles. The van der Waals surface area contributed by atoms with E-state index < -0.39 is 0 Å². The summed E-state index contributed by atoms with van der Waals surface area (Å²) in [5.41, 5.74) is 4.09. The summed E-state index contributed by atoms with van der Waals surface area (Å²) in [5, 5.41) is 8.79. The van der Waals surface area contributed by atoms with E-state index in [4.69, 9.17) is 0 Å². The van der Waals surface area contributed by atoms with Gasteiger partial charge < -0.3 is 0 Å². The lowest BCUT2D eigenvalue weighted by molar-refractivity contribution is 0.0979. The molecule has 0 aliphatic carbocycles. The van der Waals surface area contributed by atoms with Crippen molar-refractivity contribution in [3.63, 3.8) is 0 Å². The second-order valence-corrected chi connectivity index (χ2v) is 6.70. The van der Waals surface area contributed by atoms with Crippen LogP contribution in [0.4, 0.5) is 0 Å². The lowest BCUT2D eigenvalue weighted by atomic mass is 10.1. The molecule has 1 saturated heterocycles. The van der Waals surface area contributed by atoms with Crippen LogP contribution in [-0.4, -0.2) is 45.8 Å². The van der Waals surface area contributed by atoms with Crippen LogP contribution >= 0.6 is 11.3 Å². The maximum absolute atomic E-state index is 4.34. The van der Waals surface area contributed by atoms with Crippen LogP contribution in [-0.2, 0) is 13.6 Å². The van der Waals surface area contributed by atoms with Crippen LogP contribution < -0.4 is 0 Å². The second-order valence-electron chi connectivity index (χ2n) is 5.92. The van der Waals surface area contributed by atoms with E-state index in [1.54, 1.807) is 11.3 Å². The molecule has 0 radical (unpaired) electrons. The van der Waals surface area contributed by atoms with Crippen molar-refractivity contribution < 1.29 is 0 Å². The van der Waals surface area contributed by atoms with E-state index in [1.807, 2.05) is 17.9 Å². The molecule has 1 unspecified atom stereocenters. The summed E-state index contributed by atoms with van der Waals surface area (Å²) in [4.78, 5) is 5.13. The van der Waals surface area contributed by atoms with Crippen molar-refractivity contribution >= 4 is 11.3 Å². The molecule has 0 spiro atoms.